The van der Waals surface area contributed by atoms with E-state index in [1.807, 2.05) is 0 Å². The largest absolute Gasteiger partial charge is 0 e. The third kappa shape index (κ3) is 10.3. The van der Waals surface area contributed by atoms with Gasteiger partial charge in [-0.2, -0.15) is 0 Å². The zero-order valence-electron chi connectivity index (χ0n) is 1.13. The molecule has 0 saturated heterocycles. The number of hydrogen-bond donors (Lipinski definition) is 0. The second-order valence-electron chi connectivity index (χ2n) is 0. The van der Waals surface area contributed by atoms with Crippen LogP contribution in [-0.4, -0.2) is 0 Å². The second-order valence-corrected chi connectivity index (χ2v) is 0. The Bertz CT molecular complexity index is 8.00. The van der Waals surface area contributed by atoms with Crippen LogP contribution in [0.15, 0.2) is 0 Å². The van der Waals surface area contributed by atoms with Crippen LogP contribution in [-0.2, 0) is 0 Å². The topological polar surface area (TPSA) is 0 Å². The van der Waals surface area contributed by atoms with Crippen molar-refractivity contribution in [3.8, 4) is 0 Å². The molecular formula is ErHoTmYb. The molecule has 0 rings (SSSR count). The zero-order chi connectivity index (χ0) is 0. The summed E-state index contributed by atoms with van der Waals surface area (Å²) in [6, 6.07) is 0. The maximum absolute atomic E-state index is 0. The van der Waals surface area contributed by atoms with E-state index in [-0.39, 0.29) is 159 Å². The van der Waals surface area contributed by atoms with E-state index < -0.39 is 0 Å². The molecule has 0 unspecified atom stereocenters. The van der Waals surface area contributed by atoms with E-state index in [0.29, 0.717) is 0 Å². The van der Waals surface area contributed by atoms with Gasteiger partial charge in [-0.15, -0.1) is 0 Å². The van der Waals surface area contributed by atoms with E-state index in [0.717, 1.165) is 0 Å². The molecule has 0 heterocycles. The van der Waals surface area contributed by atoms with Crippen molar-refractivity contribution in [2.24, 2.45) is 0 Å². The zero-order valence-corrected chi connectivity index (χ0v) is 8.42. The maximum Gasteiger partial charge on any atom is 0 e. The molecule has 50 valence electrons. The van der Waals surface area contributed by atoms with Gasteiger partial charge in [0.15, 0.2) is 0 Å². The van der Waals surface area contributed by atoms with Gasteiger partial charge in [0.05, 0.1) is 0 Å². The molecule has 0 aliphatic rings. The van der Waals surface area contributed by atoms with Gasteiger partial charge >= 0.3 is 0 Å². The van der Waals surface area contributed by atoms with Gasteiger partial charge in [0.1, 0.15) is 0 Å². The summed E-state index contributed by atoms with van der Waals surface area (Å²) in [5.74, 6) is 0. The van der Waals surface area contributed by atoms with Crippen molar-refractivity contribution in [3.63, 3.8) is 0 Å². The van der Waals surface area contributed by atoms with Crippen LogP contribution >= 0.6 is 0 Å². The molecule has 4 heteroatoms. The van der Waals surface area contributed by atoms with E-state index in [4.69, 9.17) is 0 Å². The van der Waals surface area contributed by atoms with Gasteiger partial charge in [-0.1, -0.05) is 0 Å². The third-order valence-electron chi connectivity index (χ3n) is 0. The first kappa shape index (κ1) is 22.8. The molecule has 0 spiro atoms. The monoisotopic (exact) mass is 674 g/mol. The van der Waals surface area contributed by atoms with Crippen molar-refractivity contribution in [2.75, 3.05) is 0 Å². The van der Waals surface area contributed by atoms with Gasteiger partial charge in [0, 0.05) is 159 Å². The molecule has 0 aromatic carbocycles. The first-order chi connectivity index (χ1) is 0. The van der Waals surface area contributed by atoms with Gasteiger partial charge in [-0.05, 0) is 0 Å². The van der Waals surface area contributed by atoms with Crippen LogP contribution in [0.4, 0.5) is 0 Å². The molecular weight excluding hydrogens is 674 g/mol. The standard InChI is InChI=1S/Er.Ho.Tm.Yb. The second kappa shape index (κ2) is 15.7. The number of rotatable bonds is 0. The minimum atomic E-state index is 0. The minimum Gasteiger partial charge on any atom is 0 e. The van der Waals surface area contributed by atoms with Gasteiger partial charge in [-0.25, -0.2) is 0 Å². The average molecular weight is 674 g/mol. The summed E-state index contributed by atoms with van der Waals surface area (Å²) in [6.45, 7) is 0. The van der Waals surface area contributed by atoms with Gasteiger partial charge in [0.2, 0.25) is 0 Å². The van der Waals surface area contributed by atoms with Gasteiger partial charge in [-0.3, -0.25) is 0 Å². The third-order valence-corrected chi connectivity index (χ3v) is 0. The summed E-state index contributed by atoms with van der Waals surface area (Å²) in [6.07, 6.45) is 0. The van der Waals surface area contributed by atoms with E-state index in [1.165, 1.54) is 0 Å². The molecule has 0 fully saturated rings. The quantitative estimate of drug-likeness (QED) is 0.318. The molecule has 2 radical (unpaired) electrons. The van der Waals surface area contributed by atoms with Crippen LogP contribution in [0.25, 0.3) is 0 Å². The molecule has 0 nitrogen and oxygen atoms in total. The van der Waals surface area contributed by atoms with E-state index in [1.54, 1.807) is 0 Å². The van der Waals surface area contributed by atoms with Crippen molar-refractivity contribution >= 4 is 0 Å². The molecule has 0 N–H and O–H groups in total. The van der Waals surface area contributed by atoms with E-state index in [2.05, 4.69) is 0 Å². The van der Waals surface area contributed by atoms with Crippen LogP contribution in [0.1, 0.15) is 0 Å². The predicted molar refractivity (Wildman–Crippen MR) is 0 cm³/mol. The minimum absolute atomic E-state index is 0. The van der Waals surface area contributed by atoms with Crippen molar-refractivity contribution < 1.29 is 159 Å². The molecule has 0 aromatic heterocycles. The molecule has 0 aromatic rings. The van der Waals surface area contributed by atoms with Crippen molar-refractivity contribution in [1.82, 2.24) is 0 Å². The summed E-state index contributed by atoms with van der Waals surface area (Å²) >= 11 is 0. The van der Waals surface area contributed by atoms with Gasteiger partial charge in [0.25, 0.3) is 0 Å². The SMILES string of the molecule is [Er].[Ho].[Tm].[Yb]. The fourth-order valence-electron chi connectivity index (χ4n) is 0. The van der Waals surface area contributed by atoms with E-state index in [9.17, 15) is 0 Å². The van der Waals surface area contributed by atoms with Crippen LogP contribution < -0.4 is 0 Å². The fraction of sp³-hybridized carbons (Fsp3) is 0. The van der Waals surface area contributed by atoms with Crippen LogP contribution in [0.2, 0.25) is 0 Å². The Labute approximate surface area is 153 Å². The van der Waals surface area contributed by atoms with Crippen molar-refractivity contribution in [1.29, 1.82) is 0 Å². The Morgan fingerprint density at radius 2 is 1.00 bits per heavy atom. The van der Waals surface area contributed by atoms with Gasteiger partial charge < -0.3 is 0 Å². The van der Waals surface area contributed by atoms with Crippen LogP contribution in [0.5, 0.6) is 0 Å². The molecule has 0 saturated carbocycles. The Morgan fingerprint density at radius 1 is 1.00 bits per heavy atom. The molecule has 0 atom stereocenters. The average Bonchev–Trinajstić information content (AvgIpc) is 0. The molecule has 0 amide bonds. The van der Waals surface area contributed by atoms with Crippen LogP contribution in [0, 0.1) is 159 Å². The summed E-state index contributed by atoms with van der Waals surface area (Å²) in [4.78, 5) is 0. The summed E-state index contributed by atoms with van der Waals surface area (Å²) in [5.41, 5.74) is 0. The van der Waals surface area contributed by atoms with Crippen molar-refractivity contribution in [3.05, 3.63) is 0 Å². The maximum atomic E-state index is 0. The first-order valence-electron chi connectivity index (χ1n) is 0. The first-order valence-corrected chi connectivity index (χ1v) is 0. The van der Waals surface area contributed by atoms with Crippen LogP contribution in [0.3, 0.4) is 0 Å². The molecule has 0 aliphatic heterocycles. The number of hydrogen-bond acceptors (Lipinski definition) is 0. The van der Waals surface area contributed by atoms with Crippen molar-refractivity contribution in [2.45, 2.75) is 0 Å². The smallest absolute Gasteiger partial charge is 0 e. The molecule has 0 aliphatic carbocycles. The Balaban J connectivity index is 0. The predicted octanol–water partition coefficient (Wildman–Crippen LogP) is 0. The fourth-order valence-corrected chi connectivity index (χ4v) is 0. The Hall–Kier alpha value is 5.26. The molecule has 4 heavy (non-hydrogen) atoms. The summed E-state index contributed by atoms with van der Waals surface area (Å²) in [5, 5.41) is 0. The summed E-state index contributed by atoms with van der Waals surface area (Å²) < 4.78 is 0. The Morgan fingerprint density at radius 3 is 1.00 bits per heavy atom. The Kier molecular flexibility index (Phi) is 89.8. The normalized spacial score (nSPS) is 0. The van der Waals surface area contributed by atoms with E-state index >= 15 is 0 Å². The molecule has 0 bridgehead atoms. The summed E-state index contributed by atoms with van der Waals surface area (Å²) in [7, 11) is 0.